The zero-order valence-corrected chi connectivity index (χ0v) is 29.1. The quantitative estimate of drug-likeness (QED) is 0.175. The van der Waals surface area contributed by atoms with E-state index < -0.39 is 0 Å². The molecule has 3 heterocycles. The first-order valence-corrected chi connectivity index (χ1v) is 18.0. The van der Waals surface area contributed by atoms with E-state index >= 15 is 0 Å². The molecule has 0 amide bonds. The van der Waals surface area contributed by atoms with Gasteiger partial charge >= 0.3 is 0 Å². The Hall–Kier alpha value is -6.92. The summed E-state index contributed by atoms with van der Waals surface area (Å²) in [5.41, 5.74) is 9.26. The molecule has 6 aromatic carbocycles. The summed E-state index contributed by atoms with van der Waals surface area (Å²) in [6.45, 7) is 2.26. The molecular formula is C47H34N6. The lowest BCUT2D eigenvalue weighted by Crippen LogP contribution is -2.29. The fourth-order valence-electron chi connectivity index (χ4n) is 7.69. The van der Waals surface area contributed by atoms with Crippen molar-refractivity contribution < 1.29 is 0 Å². The summed E-state index contributed by atoms with van der Waals surface area (Å²) in [5.74, 6) is 1.92. The van der Waals surface area contributed by atoms with E-state index in [2.05, 4.69) is 125 Å². The van der Waals surface area contributed by atoms with Crippen LogP contribution < -0.4 is 0 Å². The predicted molar refractivity (Wildman–Crippen MR) is 216 cm³/mol. The van der Waals surface area contributed by atoms with E-state index in [-0.39, 0.29) is 5.54 Å². The average Bonchev–Trinajstić information content (AvgIpc) is 3.82. The summed E-state index contributed by atoms with van der Waals surface area (Å²) >= 11 is 0. The zero-order valence-electron chi connectivity index (χ0n) is 29.1. The average molecular weight is 683 g/mol. The standard InChI is InChI=1S/C47H34N6/c1-47(27-11-4-12-28-47)53-42-37(31-48-53)25-26-40-39-23-9-10-24-41(39)52(43(40)42)38-22-14-20-35(30-38)34-19-13-21-36(29-34)46-50-44(32-15-5-2-6-16-32)49-45(51-46)33-17-7-3-8-18-33/h2-27,29-31H,28H2,1H3. The van der Waals surface area contributed by atoms with Gasteiger partial charge in [0.2, 0.25) is 0 Å². The van der Waals surface area contributed by atoms with Gasteiger partial charge in [0.15, 0.2) is 17.5 Å². The summed E-state index contributed by atoms with van der Waals surface area (Å²) in [5, 5.41) is 8.55. The molecule has 0 spiro atoms. The number of benzene rings is 6. The number of nitrogens with zero attached hydrogens (tertiary/aromatic N) is 6. The van der Waals surface area contributed by atoms with Crippen LogP contribution in [0.4, 0.5) is 0 Å². The first kappa shape index (κ1) is 30.9. The molecule has 0 aliphatic heterocycles. The number of hydrogen-bond acceptors (Lipinski definition) is 4. The molecule has 6 nitrogen and oxygen atoms in total. The molecule has 0 fully saturated rings. The third kappa shape index (κ3) is 5.26. The van der Waals surface area contributed by atoms with Gasteiger partial charge in [-0.05, 0) is 48.7 Å². The normalized spacial score (nSPS) is 15.5. The lowest BCUT2D eigenvalue weighted by molar-refractivity contribution is 0.383. The largest absolute Gasteiger partial charge is 0.307 e. The Balaban J connectivity index is 1.13. The van der Waals surface area contributed by atoms with Crippen molar-refractivity contribution in [1.82, 2.24) is 29.3 Å². The second kappa shape index (κ2) is 12.4. The van der Waals surface area contributed by atoms with E-state index in [1.807, 2.05) is 66.9 Å². The molecule has 1 aliphatic rings. The Morgan fingerprint density at radius 1 is 0.528 bits per heavy atom. The molecule has 6 heteroatoms. The summed E-state index contributed by atoms with van der Waals surface area (Å²) < 4.78 is 4.63. The number of allylic oxidation sites excluding steroid dienone is 4. The third-order valence-electron chi connectivity index (χ3n) is 10.3. The molecule has 0 radical (unpaired) electrons. The highest BCUT2D eigenvalue weighted by atomic mass is 15.3. The topological polar surface area (TPSA) is 61.4 Å². The molecule has 1 atom stereocenters. The lowest BCUT2D eigenvalue weighted by atomic mass is 9.93. The third-order valence-corrected chi connectivity index (χ3v) is 10.3. The van der Waals surface area contributed by atoms with Crippen molar-refractivity contribution in [2.75, 3.05) is 0 Å². The van der Waals surface area contributed by atoms with Gasteiger partial charge in [-0.3, -0.25) is 4.68 Å². The molecular weight excluding hydrogens is 649 g/mol. The highest BCUT2D eigenvalue weighted by molar-refractivity contribution is 6.17. The fourth-order valence-corrected chi connectivity index (χ4v) is 7.69. The molecule has 53 heavy (non-hydrogen) atoms. The Morgan fingerprint density at radius 2 is 1.15 bits per heavy atom. The molecule has 0 N–H and O–H groups in total. The van der Waals surface area contributed by atoms with Crippen molar-refractivity contribution in [3.05, 3.63) is 176 Å². The van der Waals surface area contributed by atoms with Crippen LogP contribution in [0.2, 0.25) is 0 Å². The fraction of sp³-hybridized carbons (Fsp3) is 0.0638. The number of para-hydroxylation sites is 1. The van der Waals surface area contributed by atoms with E-state index in [9.17, 15) is 0 Å². The van der Waals surface area contributed by atoms with Crippen LogP contribution in [0.3, 0.4) is 0 Å². The number of fused-ring (bicyclic) bond motifs is 5. The molecule has 3 aromatic heterocycles. The van der Waals surface area contributed by atoms with Crippen molar-refractivity contribution in [1.29, 1.82) is 0 Å². The van der Waals surface area contributed by atoms with Crippen molar-refractivity contribution in [3.8, 4) is 51.0 Å². The van der Waals surface area contributed by atoms with Gasteiger partial charge in [0, 0.05) is 38.5 Å². The van der Waals surface area contributed by atoms with Crippen molar-refractivity contribution in [2.45, 2.75) is 18.9 Å². The van der Waals surface area contributed by atoms with Crippen LogP contribution >= 0.6 is 0 Å². The van der Waals surface area contributed by atoms with E-state index in [1.54, 1.807) is 0 Å². The van der Waals surface area contributed by atoms with Gasteiger partial charge in [-0.25, -0.2) is 15.0 Å². The number of hydrogen-bond donors (Lipinski definition) is 0. The first-order valence-electron chi connectivity index (χ1n) is 18.0. The molecule has 1 unspecified atom stereocenters. The Morgan fingerprint density at radius 3 is 1.87 bits per heavy atom. The van der Waals surface area contributed by atoms with Crippen molar-refractivity contribution in [3.63, 3.8) is 0 Å². The summed E-state index contributed by atoms with van der Waals surface area (Å²) in [4.78, 5) is 14.9. The van der Waals surface area contributed by atoms with Crippen molar-refractivity contribution >= 4 is 32.7 Å². The first-order chi connectivity index (χ1) is 26.1. The second-order valence-electron chi connectivity index (χ2n) is 13.8. The van der Waals surface area contributed by atoms with E-state index in [0.717, 1.165) is 61.9 Å². The SMILES string of the molecule is CC1(n2ncc3ccc4c5ccccc5n(-c5cccc(-c6cccc(-c7nc(-c8ccccc8)nc(-c8ccccc8)n7)c6)c5)c4c32)C=CC=CC1. The highest BCUT2D eigenvalue weighted by Gasteiger charge is 2.28. The van der Waals surface area contributed by atoms with E-state index in [1.165, 1.54) is 10.8 Å². The number of rotatable bonds is 6. The Kier molecular flexibility index (Phi) is 7.22. The predicted octanol–water partition coefficient (Wildman–Crippen LogP) is 11.2. The lowest BCUT2D eigenvalue weighted by Gasteiger charge is -2.28. The molecule has 9 aromatic rings. The Labute approximate surface area is 307 Å². The zero-order chi connectivity index (χ0) is 35.4. The maximum Gasteiger partial charge on any atom is 0.164 e. The minimum absolute atomic E-state index is 0.274. The van der Waals surface area contributed by atoms with Crippen LogP contribution in [0.25, 0.3) is 83.7 Å². The van der Waals surface area contributed by atoms with Crippen LogP contribution in [0, 0.1) is 0 Å². The monoisotopic (exact) mass is 682 g/mol. The summed E-state index contributed by atoms with van der Waals surface area (Å²) in [6, 6.07) is 50.6. The molecule has 10 rings (SSSR count). The summed E-state index contributed by atoms with van der Waals surface area (Å²) in [6.07, 6.45) is 11.6. The van der Waals surface area contributed by atoms with Crippen LogP contribution in [0.15, 0.2) is 176 Å². The van der Waals surface area contributed by atoms with Gasteiger partial charge in [-0.1, -0.05) is 146 Å². The molecule has 0 saturated carbocycles. The molecule has 0 bridgehead atoms. The van der Waals surface area contributed by atoms with Crippen LogP contribution in [0.1, 0.15) is 13.3 Å². The van der Waals surface area contributed by atoms with Crippen LogP contribution in [-0.4, -0.2) is 29.3 Å². The van der Waals surface area contributed by atoms with E-state index in [4.69, 9.17) is 20.1 Å². The molecule has 0 saturated heterocycles. The van der Waals surface area contributed by atoms with Crippen LogP contribution in [-0.2, 0) is 5.54 Å². The minimum atomic E-state index is -0.274. The maximum atomic E-state index is 5.00. The second-order valence-corrected chi connectivity index (χ2v) is 13.8. The molecule has 1 aliphatic carbocycles. The smallest absolute Gasteiger partial charge is 0.164 e. The molecule has 252 valence electrons. The van der Waals surface area contributed by atoms with Gasteiger partial charge in [0.05, 0.1) is 28.3 Å². The summed E-state index contributed by atoms with van der Waals surface area (Å²) in [7, 11) is 0. The van der Waals surface area contributed by atoms with Gasteiger partial charge < -0.3 is 4.57 Å². The number of aromatic nitrogens is 6. The minimum Gasteiger partial charge on any atom is -0.307 e. The maximum absolute atomic E-state index is 5.00. The van der Waals surface area contributed by atoms with Gasteiger partial charge in [-0.15, -0.1) is 0 Å². The van der Waals surface area contributed by atoms with E-state index in [0.29, 0.717) is 17.5 Å². The van der Waals surface area contributed by atoms with Gasteiger partial charge in [-0.2, -0.15) is 5.10 Å². The van der Waals surface area contributed by atoms with Crippen molar-refractivity contribution in [2.24, 2.45) is 0 Å². The Bertz CT molecular complexity index is 2820. The van der Waals surface area contributed by atoms with Gasteiger partial charge in [0.25, 0.3) is 0 Å². The highest BCUT2D eigenvalue weighted by Crippen LogP contribution is 2.40. The van der Waals surface area contributed by atoms with Crippen LogP contribution in [0.5, 0.6) is 0 Å². The van der Waals surface area contributed by atoms with Gasteiger partial charge in [0.1, 0.15) is 0 Å².